The third-order valence-corrected chi connectivity index (χ3v) is 5.33. The van der Waals surface area contributed by atoms with Crippen molar-refractivity contribution in [2.45, 2.75) is 50.1 Å². The molecule has 1 aliphatic rings. The van der Waals surface area contributed by atoms with E-state index in [1.165, 1.54) is 25.0 Å². The molecule has 1 saturated carbocycles. The van der Waals surface area contributed by atoms with E-state index in [1.54, 1.807) is 13.1 Å². The van der Waals surface area contributed by atoms with Crippen LogP contribution < -0.4 is 10.0 Å². The summed E-state index contributed by atoms with van der Waals surface area (Å²) in [4.78, 5) is -0.260. The average molecular weight is 314 g/mol. The van der Waals surface area contributed by atoms with Crippen LogP contribution in [0.5, 0.6) is 0 Å². The lowest BCUT2D eigenvalue weighted by molar-refractivity contribution is 0.490. The van der Waals surface area contributed by atoms with Crippen molar-refractivity contribution in [3.05, 3.63) is 29.6 Å². The van der Waals surface area contributed by atoms with Gasteiger partial charge in [-0.15, -0.1) is 0 Å². The lowest BCUT2D eigenvalue weighted by Gasteiger charge is -2.17. The van der Waals surface area contributed by atoms with Gasteiger partial charge in [-0.3, -0.25) is 0 Å². The summed E-state index contributed by atoms with van der Waals surface area (Å²) in [6.07, 6.45) is 3.90. The van der Waals surface area contributed by atoms with E-state index >= 15 is 0 Å². The standard InChI is InChI=1S/C15H23FN2O2S/c1-3-13(8-11-4-5-11)18-21(19,20)15-9-12(10-17-2)6-7-14(15)16/h6-7,9,11,13,17-18H,3-5,8,10H2,1-2H3. The Balaban J connectivity index is 2.18. The lowest BCUT2D eigenvalue weighted by atomic mass is 10.1. The Bertz CT molecular complexity index is 585. The first-order chi connectivity index (χ1) is 9.96. The zero-order chi connectivity index (χ0) is 15.5. The number of rotatable bonds is 8. The lowest BCUT2D eigenvalue weighted by Crippen LogP contribution is -2.35. The van der Waals surface area contributed by atoms with E-state index in [2.05, 4.69) is 10.0 Å². The Labute approximate surface area is 126 Å². The van der Waals surface area contributed by atoms with E-state index in [0.717, 1.165) is 12.0 Å². The van der Waals surface area contributed by atoms with Gasteiger partial charge in [0.05, 0.1) is 0 Å². The summed E-state index contributed by atoms with van der Waals surface area (Å²) in [6.45, 7) is 2.45. The monoisotopic (exact) mass is 314 g/mol. The second-order valence-electron chi connectivity index (χ2n) is 5.70. The van der Waals surface area contributed by atoms with Gasteiger partial charge >= 0.3 is 0 Å². The van der Waals surface area contributed by atoms with Crippen molar-refractivity contribution >= 4 is 10.0 Å². The van der Waals surface area contributed by atoms with Gasteiger partial charge in [0.1, 0.15) is 10.7 Å². The number of nitrogens with one attached hydrogen (secondary N) is 2. The van der Waals surface area contributed by atoms with Crippen LogP contribution in [0.4, 0.5) is 4.39 Å². The molecule has 6 heteroatoms. The largest absolute Gasteiger partial charge is 0.316 e. The number of sulfonamides is 1. The molecule has 0 saturated heterocycles. The molecule has 0 radical (unpaired) electrons. The van der Waals surface area contributed by atoms with Crippen molar-refractivity contribution in [3.8, 4) is 0 Å². The predicted octanol–water partition coefficient (Wildman–Crippen LogP) is 2.40. The van der Waals surface area contributed by atoms with Gasteiger partial charge in [0, 0.05) is 12.6 Å². The van der Waals surface area contributed by atoms with Crippen molar-refractivity contribution < 1.29 is 12.8 Å². The van der Waals surface area contributed by atoms with Gasteiger partial charge in [-0.05, 0) is 43.5 Å². The van der Waals surface area contributed by atoms with Gasteiger partial charge in [-0.25, -0.2) is 17.5 Å². The normalized spacial score (nSPS) is 16.9. The summed E-state index contributed by atoms with van der Waals surface area (Å²) in [5.74, 6) is -0.0817. The van der Waals surface area contributed by atoms with Crippen LogP contribution in [-0.4, -0.2) is 21.5 Å². The first-order valence-electron chi connectivity index (χ1n) is 7.41. The van der Waals surface area contributed by atoms with E-state index in [1.807, 2.05) is 6.92 Å². The van der Waals surface area contributed by atoms with Gasteiger partial charge in [0.15, 0.2) is 0 Å². The summed E-state index contributed by atoms with van der Waals surface area (Å²) in [7, 11) is -2.05. The van der Waals surface area contributed by atoms with Crippen LogP contribution in [0.15, 0.2) is 23.1 Å². The van der Waals surface area contributed by atoms with Crippen molar-refractivity contribution in [3.63, 3.8) is 0 Å². The van der Waals surface area contributed by atoms with Crippen LogP contribution in [0.25, 0.3) is 0 Å². The third-order valence-electron chi connectivity index (χ3n) is 3.80. The molecule has 2 rings (SSSR count). The molecule has 0 spiro atoms. The molecule has 0 aliphatic heterocycles. The highest BCUT2D eigenvalue weighted by atomic mass is 32.2. The molecule has 0 heterocycles. The predicted molar refractivity (Wildman–Crippen MR) is 80.9 cm³/mol. The van der Waals surface area contributed by atoms with Gasteiger partial charge in [-0.1, -0.05) is 25.8 Å². The Hall–Kier alpha value is -0.980. The smallest absolute Gasteiger partial charge is 0.243 e. The van der Waals surface area contributed by atoms with E-state index < -0.39 is 15.8 Å². The minimum atomic E-state index is -3.81. The van der Waals surface area contributed by atoms with Gasteiger partial charge < -0.3 is 5.32 Å². The molecule has 1 fully saturated rings. The van der Waals surface area contributed by atoms with E-state index in [4.69, 9.17) is 0 Å². The third kappa shape index (κ3) is 4.49. The van der Waals surface area contributed by atoms with Crippen LogP contribution in [0.1, 0.15) is 38.2 Å². The zero-order valence-corrected chi connectivity index (χ0v) is 13.3. The van der Waals surface area contributed by atoms with E-state index in [-0.39, 0.29) is 10.9 Å². The molecule has 1 aromatic rings. The van der Waals surface area contributed by atoms with Crippen LogP contribution in [0.2, 0.25) is 0 Å². The Morgan fingerprint density at radius 3 is 2.67 bits per heavy atom. The fraction of sp³-hybridized carbons (Fsp3) is 0.600. The maximum Gasteiger partial charge on any atom is 0.243 e. The summed E-state index contributed by atoms with van der Waals surface area (Å²) in [5, 5.41) is 2.93. The molecule has 1 unspecified atom stereocenters. The molecule has 0 bridgehead atoms. The molecular weight excluding hydrogens is 291 g/mol. The van der Waals surface area contributed by atoms with Crippen LogP contribution >= 0.6 is 0 Å². The second kappa shape index (κ2) is 6.85. The highest BCUT2D eigenvalue weighted by Crippen LogP contribution is 2.34. The molecule has 2 N–H and O–H groups in total. The molecule has 1 aliphatic carbocycles. The van der Waals surface area contributed by atoms with Crippen LogP contribution in [0, 0.1) is 11.7 Å². The fourth-order valence-corrected chi connectivity index (χ4v) is 3.86. The highest BCUT2D eigenvalue weighted by molar-refractivity contribution is 7.89. The summed E-state index contributed by atoms with van der Waals surface area (Å²) in [6, 6.07) is 4.09. The molecule has 21 heavy (non-hydrogen) atoms. The number of hydrogen-bond donors (Lipinski definition) is 2. The molecule has 0 aromatic heterocycles. The van der Waals surface area contributed by atoms with Gasteiger partial charge in [0.2, 0.25) is 10.0 Å². The van der Waals surface area contributed by atoms with Crippen molar-refractivity contribution in [2.24, 2.45) is 5.92 Å². The maximum absolute atomic E-state index is 13.9. The number of hydrogen-bond acceptors (Lipinski definition) is 3. The SMILES string of the molecule is CCC(CC1CC1)NS(=O)(=O)c1cc(CNC)ccc1F. The number of benzene rings is 1. The average Bonchev–Trinajstić information content (AvgIpc) is 3.24. The molecular formula is C15H23FN2O2S. The van der Waals surface area contributed by atoms with Crippen molar-refractivity contribution in [2.75, 3.05) is 7.05 Å². The van der Waals surface area contributed by atoms with Gasteiger partial charge in [-0.2, -0.15) is 0 Å². The van der Waals surface area contributed by atoms with Crippen molar-refractivity contribution in [1.29, 1.82) is 0 Å². The number of halogens is 1. The van der Waals surface area contributed by atoms with E-state index in [0.29, 0.717) is 18.9 Å². The quantitative estimate of drug-likeness (QED) is 0.774. The Morgan fingerprint density at radius 2 is 2.10 bits per heavy atom. The Kier molecular flexibility index (Phi) is 5.35. The summed E-state index contributed by atoms with van der Waals surface area (Å²) >= 11 is 0. The van der Waals surface area contributed by atoms with Crippen LogP contribution in [0.3, 0.4) is 0 Å². The first-order valence-corrected chi connectivity index (χ1v) is 8.90. The minimum Gasteiger partial charge on any atom is -0.316 e. The second-order valence-corrected chi connectivity index (χ2v) is 7.38. The van der Waals surface area contributed by atoms with Crippen molar-refractivity contribution in [1.82, 2.24) is 10.0 Å². The molecule has 4 nitrogen and oxygen atoms in total. The highest BCUT2D eigenvalue weighted by Gasteiger charge is 2.28. The molecule has 118 valence electrons. The summed E-state index contributed by atoms with van der Waals surface area (Å²) < 4.78 is 41.4. The van der Waals surface area contributed by atoms with Gasteiger partial charge in [0.25, 0.3) is 0 Å². The molecule has 1 aromatic carbocycles. The minimum absolute atomic E-state index is 0.116. The molecule has 0 amide bonds. The first kappa shape index (κ1) is 16.4. The molecule has 1 atom stereocenters. The summed E-state index contributed by atoms with van der Waals surface area (Å²) in [5.41, 5.74) is 0.745. The zero-order valence-electron chi connectivity index (χ0n) is 12.5. The van der Waals surface area contributed by atoms with E-state index in [9.17, 15) is 12.8 Å². The Morgan fingerprint density at radius 1 is 1.38 bits per heavy atom. The fourth-order valence-electron chi connectivity index (χ4n) is 2.40. The van der Waals surface area contributed by atoms with Crippen LogP contribution in [-0.2, 0) is 16.6 Å². The maximum atomic E-state index is 13.9. The topological polar surface area (TPSA) is 58.2 Å².